The minimum atomic E-state index is 0.298. The van der Waals surface area contributed by atoms with Crippen LogP contribution in [0.1, 0.15) is 29.2 Å². The average molecular weight is 372 g/mol. The van der Waals surface area contributed by atoms with E-state index in [1.54, 1.807) is 6.07 Å². The molecule has 0 bridgehead atoms. The van der Waals surface area contributed by atoms with E-state index in [0.717, 1.165) is 24.9 Å². The Morgan fingerprint density at radius 2 is 1.39 bits per heavy atom. The minimum absolute atomic E-state index is 0.298. The maximum Gasteiger partial charge on any atom is 0.116 e. The van der Waals surface area contributed by atoms with Gasteiger partial charge in [0.15, 0.2) is 0 Å². The Kier molecular flexibility index (Phi) is 6.67. The Labute approximate surface area is 168 Å². The van der Waals surface area contributed by atoms with Crippen LogP contribution in [0, 0.1) is 0 Å². The van der Waals surface area contributed by atoms with Crippen molar-refractivity contribution in [2.45, 2.75) is 19.8 Å². The van der Waals surface area contributed by atoms with Gasteiger partial charge in [0.25, 0.3) is 0 Å². The number of hydrogen-bond acceptors (Lipinski definition) is 2. The molecule has 0 amide bonds. The van der Waals surface area contributed by atoms with E-state index in [-0.39, 0.29) is 0 Å². The Morgan fingerprint density at radius 3 is 2.00 bits per heavy atom. The van der Waals surface area contributed by atoms with Crippen molar-refractivity contribution in [2.75, 3.05) is 20.6 Å². The number of nitrogens with zero attached hydrogens (tertiary/aromatic N) is 1. The number of phenolic OH excluding ortho intramolecular Hbond substituents is 1. The van der Waals surface area contributed by atoms with Crippen molar-refractivity contribution in [1.29, 1.82) is 0 Å². The van der Waals surface area contributed by atoms with Crippen LogP contribution >= 0.6 is 0 Å². The van der Waals surface area contributed by atoms with Crippen molar-refractivity contribution in [3.8, 4) is 5.75 Å². The molecule has 0 saturated heterocycles. The van der Waals surface area contributed by atoms with Crippen LogP contribution in [0.2, 0.25) is 0 Å². The Bertz CT molecular complexity index is 924. The molecule has 0 aliphatic heterocycles. The first-order chi connectivity index (χ1) is 13.5. The first-order valence-corrected chi connectivity index (χ1v) is 9.80. The SMILES string of the molecule is CC(CN(C)C)=C(c1ccc(CCc2ccccc2)cc1)c1cccc(O)c1. The van der Waals surface area contributed by atoms with E-state index in [9.17, 15) is 5.11 Å². The maximum atomic E-state index is 9.96. The molecule has 0 unspecified atom stereocenters. The molecule has 144 valence electrons. The lowest BCUT2D eigenvalue weighted by molar-refractivity contribution is 0.446. The molecule has 2 nitrogen and oxygen atoms in total. The molecule has 1 N–H and O–H groups in total. The van der Waals surface area contributed by atoms with Gasteiger partial charge in [-0.25, -0.2) is 0 Å². The summed E-state index contributed by atoms with van der Waals surface area (Å²) in [5.41, 5.74) is 7.43. The molecule has 3 aromatic carbocycles. The zero-order valence-corrected chi connectivity index (χ0v) is 17.0. The maximum absolute atomic E-state index is 9.96. The Balaban J connectivity index is 1.86. The highest BCUT2D eigenvalue weighted by Crippen LogP contribution is 2.29. The van der Waals surface area contributed by atoms with Crippen LogP contribution in [0.5, 0.6) is 5.75 Å². The van der Waals surface area contributed by atoms with E-state index in [1.807, 2.05) is 12.1 Å². The van der Waals surface area contributed by atoms with Crippen LogP contribution in [-0.2, 0) is 12.8 Å². The van der Waals surface area contributed by atoms with Crippen LogP contribution in [-0.4, -0.2) is 30.6 Å². The molecule has 0 saturated carbocycles. The molecule has 0 aliphatic rings. The van der Waals surface area contributed by atoms with E-state index in [4.69, 9.17) is 0 Å². The van der Waals surface area contributed by atoms with Crippen molar-refractivity contribution in [1.82, 2.24) is 4.90 Å². The summed E-state index contributed by atoms with van der Waals surface area (Å²) in [7, 11) is 4.16. The van der Waals surface area contributed by atoms with Gasteiger partial charge in [-0.2, -0.15) is 0 Å². The van der Waals surface area contributed by atoms with Crippen LogP contribution in [0.4, 0.5) is 0 Å². The summed E-state index contributed by atoms with van der Waals surface area (Å²) in [4.78, 5) is 2.17. The van der Waals surface area contributed by atoms with Gasteiger partial charge in [0.2, 0.25) is 0 Å². The number of aryl methyl sites for hydroxylation is 2. The molecule has 0 spiro atoms. The monoisotopic (exact) mass is 371 g/mol. The fourth-order valence-electron chi connectivity index (χ4n) is 3.65. The predicted octanol–water partition coefficient (Wildman–Crippen LogP) is 5.56. The van der Waals surface area contributed by atoms with Gasteiger partial charge in [-0.05, 0) is 73.8 Å². The molecule has 0 heterocycles. The second-order valence-electron chi connectivity index (χ2n) is 7.63. The highest BCUT2D eigenvalue weighted by Gasteiger charge is 2.11. The largest absolute Gasteiger partial charge is 0.508 e. The number of benzene rings is 3. The van der Waals surface area contributed by atoms with Crippen molar-refractivity contribution in [3.63, 3.8) is 0 Å². The molecular weight excluding hydrogens is 342 g/mol. The lowest BCUT2D eigenvalue weighted by Gasteiger charge is -2.17. The summed E-state index contributed by atoms with van der Waals surface area (Å²) in [5.74, 6) is 0.298. The summed E-state index contributed by atoms with van der Waals surface area (Å²) >= 11 is 0. The number of aromatic hydroxyl groups is 1. The number of rotatable bonds is 7. The molecular formula is C26H29NO. The Hall–Kier alpha value is -2.84. The number of likely N-dealkylation sites (N-methyl/N-ethyl adjacent to an activating group) is 1. The molecule has 0 radical (unpaired) electrons. The van der Waals surface area contributed by atoms with E-state index in [0.29, 0.717) is 5.75 Å². The zero-order valence-electron chi connectivity index (χ0n) is 17.0. The summed E-state index contributed by atoms with van der Waals surface area (Å²) in [5, 5.41) is 9.96. The van der Waals surface area contributed by atoms with Crippen molar-refractivity contribution in [3.05, 3.63) is 107 Å². The summed E-state index contributed by atoms with van der Waals surface area (Å²) in [6, 6.07) is 27.0. The quantitative estimate of drug-likeness (QED) is 0.588. The molecule has 0 aromatic heterocycles. The smallest absolute Gasteiger partial charge is 0.116 e. The standard InChI is InChI=1S/C26H29NO/c1-20(19-27(2)3)26(24-10-7-11-25(28)18-24)23-16-14-22(15-17-23)13-12-21-8-5-4-6-9-21/h4-11,14-18,28H,12-13,19H2,1-3H3. The number of hydrogen-bond donors (Lipinski definition) is 1. The normalized spacial score (nSPS) is 12.1. The van der Waals surface area contributed by atoms with Gasteiger partial charge in [0.05, 0.1) is 0 Å². The van der Waals surface area contributed by atoms with E-state index in [1.165, 1.54) is 27.8 Å². The first-order valence-electron chi connectivity index (χ1n) is 9.80. The van der Waals surface area contributed by atoms with Crippen LogP contribution < -0.4 is 0 Å². The summed E-state index contributed by atoms with van der Waals surface area (Å²) in [6.07, 6.45) is 2.08. The van der Waals surface area contributed by atoms with Gasteiger partial charge in [0.1, 0.15) is 5.75 Å². The third-order valence-corrected chi connectivity index (χ3v) is 4.90. The van der Waals surface area contributed by atoms with E-state index >= 15 is 0 Å². The molecule has 0 fully saturated rings. The molecule has 0 aliphatic carbocycles. The highest BCUT2D eigenvalue weighted by atomic mass is 16.3. The van der Waals surface area contributed by atoms with Crippen molar-refractivity contribution in [2.24, 2.45) is 0 Å². The topological polar surface area (TPSA) is 23.5 Å². The van der Waals surface area contributed by atoms with Gasteiger partial charge >= 0.3 is 0 Å². The third-order valence-electron chi connectivity index (χ3n) is 4.90. The Morgan fingerprint density at radius 1 is 0.750 bits per heavy atom. The van der Waals surface area contributed by atoms with Gasteiger partial charge < -0.3 is 10.0 Å². The van der Waals surface area contributed by atoms with E-state index in [2.05, 4.69) is 86.6 Å². The minimum Gasteiger partial charge on any atom is -0.508 e. The fraction of sp³-hybridized carbons (Fsp3) is 0.231. The second kappa shape index (κ2) is 9.38. The molecule has 28 heavy (non-hydrogen) atoms. The molecule has 3 rings (SSSR count). The summed E-state index contributed by atoms with van der Waals surface area (Å²) < 4.78 is 0. The average Bonchev–Trinajstić information content (AvgIpc) is 2.68. The van der Waals surface area contributed by atoms with Gasteiger partial charge in [-0.3, -0.25) is 0 Å². The number of phenols is 1. The van der Waals surface area contributed by atoms with Crippen LogP contribution in [0.15, 0.2) is 84.4 Å². The highest BCUT2D eigenvalue weighted by molar-refractivity contribution is 5.82. The van der Waals surface area contributed by atoms with Crippen LogP contribution in [0.25, 0.3) is 5.57 Å². The third kappa shape index (κ3) is 5.34. The van der Waals surface area contributed by atoms with Crippen LogP contribution in [0.3, 0.4) is 0 Å². The lowest BCUT2D eigenvalue weighted by Crippen LogP contribution is -2.15. The van der Waals surface area contributed by atoms with Gasteiger partial charge in [0, 0.05) is 6.54 Å². The molecule has 3 aromatic rings. The van der Waals surface area contributed by atoms with Crippen molar-refractivity contribution >= 4 is 5.57 Å². The van der Waals surface area contributed by atoms with Gasteiger partial charge in [-0.1, -0.05) is 72.3 Å². The molecule has 2 heteroatoms. The second-order valence-corrected chi connectivity index (χ2v) is 7.63. The summed E-state index contributed by atoms with van der Waals surface area (Å²) in [6.45, 7) is 3.05. The van der Waals surface area contributed by atoms with Gasteiger partial charge in [-0.15, -0.1) is 0 Å². The first kappa shape index (κ1) is 19.9. The fourth-order valence-corrected chi connectivity index (χ4v) is 3.65. The zero-order chi connectivity index (χ0) is 19.9. The van der Waals surface area contributed by atoms with E-state index < -0.39 is 0 Å². The lowest BCUT2D eigenvalue weighted by atomic mass is 9.92. The van der Waals surface area contributed by atoms with Crippen molar-refractivity contribution < 1.29 is 5.11 Å². The predicted molar refractivity (Wildman–Crippen MR) is 119 cm³/mol. The molecule has 0 atom stereocenters.